The van der Waals surface area contributed by atoms with Crippen molar-refractivity contribution in [3.63, 3.8) is 0 Å². The van der Waals surface area contributed by atoms with Crippen LogP contribution >= 0.6 is 0 Å². The average molecular weight is 263 g/mol. The molecule has 0 saturated carbocycles. The van der Waals surface area contributed by atoms with Gasteiger partial charge in [-0.1, -0.05) is 6.07 Å². The van der Waals surface area contributed by atoms with Gasteiger partial charge in [-0.2, -0.15) is 0 Å². The highest BCUT2D eigenvalue weighted by Crippen LogP contribution is 2.13. The second-order valence-electron chi connectivity index (χ2n) is 3.95. The molecule has 0 N–H and O–H groups in total. The monoisotopic (exact) mass is 263 g/mol. The lowest BCUT2D eigenvalue weighted by molar-refractivity contribution is 0.0600. The number of carbonyl (C=O) groups is 1. The Morgan fingerprint density at radius 1 is 1.21 bits per heavy atom. The molecule has 0 atom stereocenters. The molecule has 3 nitrogen and oxygen atoms in total. The molecule has 19 heavy (non-hydrogen) atoms. The Hall–Kier alpha value is -2.30. The van der Waals surface area contributed by atoms with Crippen LogP contribution in [0.3, 0.4) is 0 Å². The fraction of sp³-hybridized carbons (Fsp3) is 0.143. The Morgan fingerprint density at radius 3 is 2.68 bits per heavy atom. The van der Waals surface area contributed by atoms with E-state index in [-0.39, 0.29) is 0 Å². The lowest BCUT2D eigenvalue weighted by Crippen LogP contribution is -2.03. The summed E-state index contributed by atoms with van der Waals surface area (Å²) < 4.78 is 30.5. The topological polar surface area (TPSA) is 39.2 Å². The molecule has 1 aromatic carbocycles. The number of rotatable bonds is 3. The summed E-state index contributed by atoms with van der Waals surface area (Å²) in [5.74, 6) is -2.25. The second kappa shape index (κ2) is 5.56. The second-order valence-corrected chi connectivity index (χ2v) is 3.95. The largest absolute Gasteiger partial charge is 0.465 e. The highest BCUT2D eigenvalue weighted by atomic mass is 19.2. The van der Waals surface area contributed by atoms with Gasteiger partial charge in [-0.25, -0.2) is 13.6 Å². The maximum absolute atomic E-state index is 13.1. The predicted octanol–water partition coefficient (Wildman–Crippen LogP) is 2.74. The minimum absolute atomic E-state index is 0.308. The zero-order valence-corrected chi connectivity index (χ0v) is 10.2. The SMILES string of the molecule is COC(=O)c1ccnc(Cc2ccc(F)c(F)c2)c1. The van der Waals surface area contributed by atoms with Gasteiger partial charge in [-0.15, -0.1) is 0 Å². The first-order chi connectivity index (χ1) is 9.10. The normalized spacial score (nSPS) is 10.3. The molecule has 0 saturated heterocycles. The van der Waals surface area contributed by atoms with Crippen molar-refractivity contribution in [1.29, 1.82) is 0 Å². The minimum Gasteiger partial charge on any atom is -0.465 e. The number of halogens is 2. The molecule has 1 heterocycles. The van der Waals surface area contributed by atoms with E-state index in [2.05, 4.69) is 9.72 Å². The van der Waals surface area contributed by atoms with Crippen LogP contribution < -0.4 is 0 Å². The molecule has 0 aliphatic rings. The van der Waals surface area contributed by atoms with E-state index in [0.717, 1.165) is 12.1 Å². The van der Waals surface area contributed by atoms with Crippen molar-refractivity contribution in [1.82, 2.24) is 4.98 Å². The van der Waals surface area contributed by atoms with Crippen molar-refractivity contribution in [2.75, 3.05) is 7.11 Å². The first-order valence-electron chi connectivity index (χ1n) is 5.57. The van der Waals surface area contributed by atoms with E-state index in [1.807, 2.05) is 0 Å². The summed E-state index contributed by atoms with van der Waals surface area (Å²) in [4.78, 5) is 15.4. The van der Waals surface area contributed by atoms with Crippen molar-refractivity contribution in [2.24, 2.45) is 0 Å². The van der Waals surface area contributed by atoms with Gasteiger partial charge < -0.3 is 4.74 Å². The molecule has 0 amide bonds. The summed E-state index contributed by atoms with van der Waals surface area (Å²) in [6.45, 7) is 0. The van der Waals surface area contributed by atoms with Crippen LogP contribution in [0.4, 0.5) is 8.78 Å². The molecule has 5 heteroatoms. The van der Waals surface area contributed by atoms with Crippen molar-refractivity contribution in [3.05, 3.63) is 65.0 Å². The van der Waals surface area contributed by atoms with Gasteiger partial charge in [0.2, 0.25) is 0 Å². The van der Waals surface area contributed by atoms with Gasteiger partial charge in [-0.05, 0) is 29.8 Å². The quantitative estimate of drug-likeness (QED) is 0.799. The van der Waals surface area contributed by atoms with Gasteiger partial charge in [0.15, 0.2) is 11.6 Å². The Kier molecular flexibility index (Phi) is 3.85. The Morgan fingerprint density at radius 2 is 2.00 bits per heavy atom. The lowest BCUT2D eigenvalue weighted by Gasteiger charge is -2.04. The Balaban J connectivity index is 2.23. The number of benzene rings is 1. The standard InChI is InChI=1S/C14H11F2NO2/c1-19-14(18)10-4-5-17-11(8-10)6-9-2-3-12(15)13(16)7-9/h2-5,7-8H,6H2,1H3. The molecule has 0 aliphatic carbocycles. The molecule has 1 aromatic heterocycles. The molecular weight excluding hydrogens is 252 g/mol. The van der Waals surface area contributed by atoms with E-state index >= 15 is 0 Å². The van der Waals surface area contributed by atoms with Crippen molar-refractivity contribution in [2.45, 2.75) is 6.42 Å². The molecule has 0 fully saturated rings. The fourth-order valence-corrected chi connectivity index (χ4v) is 1.68. The zero-order valence-electron chi connectivity index (χ0n) is 10.2. The molecule has 2 rings (SSSR count). The highest BCUT2D eigenvalue weighted by molar-refractivity contribution is 5.89. The molecular formula is C14H11F2NO2. The summed E-state index contributed by atoms with van der Waals surface area (Å²) in [6.07, 6.45) is 1.78. The number of hydrogen-bond acceptors (Lipinski definition) is 3. The van der Waals surface area contributed by atoms with E-state index in [1.165, 1.54) is 25.4 Å². The van der Waals surface area contributed by atoms with Gasteiger partial charge in [0, 0.05) is 18.3 Å². The van der Waals surface area contributed by atoms with Gasteiger partial charge in [0.1, 0.15) is 0 Å². The zero-order chi connectivity index (χ0) is 13.8. The first kappa shape index (κ1) is 13.1. The molecule has 0 radical (unpaired) electrons. The van der Waals surface area contributed by atoms with Crippen LogP contribution in [-0.2, 0) is 11.2 Å². The number of esters is 1. The molecule has 0 unspecified atom stereocenters. The van der Waals surface area contributed by atoms with Gasteiger partial charge >= 0.3 is 5.97 Å². The molecule has 0 spiro atoms. The maximum Gasteiger partial charge on any atom is 0.337 e. The Labute approximate surface area is 108 Å². The molecule has 2 aromatic rings. The third kappa shape index (κ3) is 3.13. The van der Waals surface area contributed by atoms with E-state index in [1.54, 1.807) is 6.07 Å². The molecule has 98 valence electrons. The third-order valence-electron chi connectivity index (χ3n) is 2.61. The molecule has 0 bridgehead atoms. The number of aromatic nitrogens is 1. The number of methoxy groups -OCH3 is 1. The maximum atomic E-state index is 13.1. The van der Waals surface area contributed by atoms with Gasteiger partial charge in [-0.3, -0.25) is 4.98 Å². The first-order valence-corrected chi connectivity index (χ1v) is 5.57. The van der Waals surface area contributed by atoms with E-state index in [4.69, 9.17) is 0 Å². The van der Waals surface area contributed by atoms with E-state index in [0.29, 0.717) is 23.2 Å². The van der Waals surface area contributed by atoms with Crippen LogP contribution in [-0.4, -0.2) is 18.1 Å². The van der Waals surface area contributed by atoms with Gasteiger partial charge in [0.05, 0.1) is 12.7 Å². The van der Waals surface area contributed by atoms with Crippen LogP contribution in [0.5, 0.6) is 0 Å². The Bertz CT molecular complexity index is 614. The summed E-state index contributed by atoms with van der Waals surface area (Å²) in [5.41, 5.74) is 1.53. The number of hydrogen-bond donors (Lipinski definition) is 0. The van der Waals surface area contributed by atoms with E-state index < -0.39 is 17.6 Å². The number of pyridine rings is 1. The smallest absolute Gasteiger partial charge is 0.337 e. The highest BCUT2D eigenvalue weighted by Gasteiger charge is 2.08. The van der Waals surface area contributed by atoms with E-state index in [9.17, 15) is 13.6 Å². The van der Waals surface area contributed by atoms with Crippen LogP contribution in [0.25, 0.3) is 0 Å². The predicted molar refractivity (Wildman–Crippen MR) is 64.7 cm³/mol. The number of ether oxygens (including phenoxy) is 1. The lowest BCUT2D eigenvalue weighted by atomic mass is 10.1. The number of nitrogens with zero attached hydrogens (tertiary/aromatic N) is 1. The molecule has 0 aliphatic heterocycles. The minimum atomic E-state index is -0.901. The average Bonchev–Trinajstić information content (AvgIpc) is 2.42. The van der Waals surface area contributed by atoms with Crippen LogP contribution in [0.15, 0.2) is 36.5 Å². The van der Waals surface area contributed by atoms with Crippen LogP contribution in [0.1, 0.15) is 21.6 Å². The number of carbonyl (C=O) groups excluding carboxylic acids is 1. The summed E-state index contributed by atoms with van der Waals surface area (Å²) in [6, 6.07) is 6.75. The third-order valence-corrected chi connectivity index (χ3v) is 2.61. The van der Waals surface area contributed by atoms with Crippen molar-refractivity contribution >= 4 is 5.97 Å². The van der Waals surface area contributed by atoms with Crippen molar-refractivity contribution in [3.8, 4) is 0 Å². The summed E-state index contributed by atoms with van der Waals surface area (Å²) in [7, 11) is 1.29. The van der Waals surface area contributed by atoms with Crippen LogP contribution in [0, 0.1) is 11.6 Å². The summed E-state index contributed by atoms with van der Waals surface area (Å²) >= 11 is 0. The van der Waals surface area contributed by atoms with Gasteiger partial charge in [0.25, 0.3) is 0 Å². The van der Waals surface area contributed by atoms with Crippen LogP contribution in [0.2, 0.25) is 0 Å². The fourth-order valence-electron chi connectivity index (χ4n) is 1.68. The van der Waals surface area contributed by atoms with Crippen molar-refractivity contribution < 1.29 is 18.3 Å². The summed E-state index contributed by atoms with van der Waals surface area (Å²) in [5, 5.41) is 0.